The van der Waals surface area contributed by atoms with Crippen LogP contribution >= 0.6 is 0 Å². The zero-order valence-electron chi connectivity index (χ0n) is 15.1. The van der Waals surface area contributed by atoms with Crippen LogP contribution in [0.1, 0.15) is 59.3 Å². The van der Waals surface area contributed by atoms with Crippen LogP contribution in [-0.2, 0) is 20.9 Å². The van der Waals surface area contributed by atoms with Gasteiger partial charge in [0.25, 0.3) is 0 Å². The average Bonchev–Trinajstić information content (AvgIpc) is 3.08. The number of carbonyl (C=O) groups excluding carboxylic acids is 2. The van der Waals surface area contributed by atoms with Gasteiger partial charge in [-0.15, -0.1) is 0 Å². The highest BCUT2D eigenvalue weighted by Crippen LogP contribution is 2.36. The maximum absolute atomic E-state index is 12.3. The first-order valence-corrected chi connectivity index (χ1v) is 8.84. The molecule has 0 saturated heterocycles. The van der Waals surface area contributed by atoms with Crippen molar-refractivity contribution in [1.82, 2.24) is 4.98 Å². The number of hydrogen-bond acceptors (Lipinski definition) is 6. The van der Waals surface area contributed by atoms with Crippen LogP contribution in [0.15, 0.2) is 34.7 Å². The molecule has 0 aliphatic heterocycles. The molecule has 1 heterocycles. The first-order valence-electron chi connectivity index (χ1n) is 8.84. The number of esters is 2. The van der Waals surface area contributed by atoms with Gasteiger partial charge in [-0.3, -0.25) is 4.79 Å². The summed E-state index contributed by atoms with van der Waals surface area (Å²) in [4.78, 5) is 28.2. The molecule has 1 saturated carbocycles. The number of aryl methyl sites for hydroxylation is 1. The summed E-state index contributed by atoms with van der Waals surface area (Å²) in [6.45, 7) is 2.01. The lowest BCUT2D eigenvalue weighted by Crippen LogP contribution is -2.23. The minimum Gasteiger partial charge on any atom is -0.464 e. The minimum absolute atomic E-state index is 0.0916. The second kappa shape index (κ2) is 8.17. The van der Waals surface area contributed by atoms with Gasteiger partial charge in [0, 0.05) is 5.92 Å². The molecule has 0 N–H and O–H groups in total. The molecule has 138 valence electrons. The van der Waals surface area contributed by atoms with Crippen molar-refractivity contribution in [3.63, 3.8) is 0 Å². The van der Waals surface area contributed by atoms with Crippen LogP contribution in [-0.4, -0.2) is 24.0 Å². The zero-order valence-corrected chi connectivity index (χ0v) is 15.1. The molecule has 1 aliphatic rings. The van der Waals surface area contributed by atoms with Crippen molar-refractivity contribution in [2.24, 2.45) is 5.92 Å². The maximum atomic E-state index is 12.3. The highest BCUT2D eigenvalue weighted by molar-refractivity contribution is 5.88. The number of nitrogens with zero attached hydrogens (tertiary/aromatic N) is 1. The van der Waals surface area contributed by atoms with Crippen molar-refractivity contribution in [3.8, 4) is 0 Å². The number of rotatable bonds is 5. The molecule has 0 bridgehead atoms. The lowest BCUT2D eigenvalue weighted by Gasteiger charge is -2.25. The van der Waals surface area contributed by atoms with E-state index in [9.17, 15) is 9.59 Å². The van der Waals surface area contributed by atoms with Crippen molar-refractivity contribution in [3.05, 3.63) is 53.2 Å². The van der Waals surface area contributed by atoms with E-state index < -0.39 is 5.97 Å². The van der Waals surface area contributed by atoms with Crippen LogP contribution in [0.4, 0.5) is 0 Å². The summed E-state index contributed by atoms with van der Waals surface area (Å²) in [5.41, 5.74) is 1.21. The Morgan fingerprint density at radius 2 is 1.85 bits per heavy atom. The average molecular weight is 357 g/mol. The third-order valence-corrected chi connectivity index (χ3v) is 4.83. The molecule has 0 amide bonds. The second-order valence-electron chi connectivity index (χ2n) is 6.59. The van der Waals surface area contributed by atoms with E-state index in [1.807, 2.05) is 30.3 Å². The first kappa shape index (κ1) is 18.2. The predicted molar refractivity (Wildman–Crippen MR) is 93.5 cm³/mol. The molecule has 6 heteroatoms. The van der Waals surface area contributed by atoms with Gasteiger partial charge in [-0.25, -0.2) is 9.78 Å². The van der Waals surface area contributed by atoms with Gasteiger partial charge in [0.05, 0.1) is 13.0 Å². The number of ether oxygens (including phenoxy) is 2. The molecule has 1 aliphatic carbocycles. The Kier molecular flexibility index (Phi) is 5.71. The maximum Gasteiger partial charge on any atom is 0.360 e. The van der Waals surface area contributed by atoms with E-state index in [2.05, 4.69) is 4.98 Å². The Bertz CT molecular complexity index is 760. The van der Waals surface area contributed by atoms with Crippen LogP contribution in [0.2, 0.25) is 0 Å². The number of carbonyl (C=O) groups is 2. The highest BCUT2D eigenvalue weighted by Gasteiger charge is 2.31. The van der Waals surface area contributed by atoms with E-state index >= 15 is 0 Å². The molecule has 6 nitrogen and oxygen atoms in total. The van der Waals surface area contributed by atoms with E-state index in [1.165, 1.54) is 7.11 Å². The summed E-state index contributed by atoms with van der Waals surface area (Å²) >= 11 is 0. The zero-order chi connectivity index (χ0) is 18.5. The lowest BCUT2D eigenvalue weighted by molar-refractivity contribution is -0.151. The summed E-state index contributed by atoms with van der Waals surface area (Å²) < 4.78 is 15.8. The summed E-state index contributed by atoms with van der Waals surface area (Å²) in [5, 5.41) is 0. The van der Waals surface area contributed by atoms with Gasteiger partial charge in [-0.1, -0.05) is 30.3 Å². The predicted octanol–water partition coefficient (Wildman–Crippen LogP) is 3.79. The van der Waals surface area contributed by atoms with Crippen molar-refractivity contribution < 1.29 is 23.5 Å². The fourth-order valence-corrected chi connectivity index (χ4v) is 3.30. The molecule has 1 aromatic heterocycles. The highest BCUT2D eigenvalue weighted by atomic mass is 16.5. The quantitative estimate of drug-likeness (QED) is 0.758. The van der Waals surface area contributed by atoms with Gasteiger partial charge in [0.1, 0.15) is 12.4 Å². The SMILES string of the molecule is COC(=O)c1nc(C2CCC(C(=O)OCc3ccccc3)CC2)oc1C. The Morgan fingerprint density at radius 1 is 1.15 bits per heavy atom. The van der Waals surface area contributed by atoms with E-state index in [4.69, 9.17) is 13.9 Å². The van der Waals surface area contributed by atoms with Gasteiger partial charge in [0.15, 0.2) is 11.6 Å². The molecule has 26 heavy (non-hydrogen) atoms. The molecule has 0 radical (unpaired) electrons. The number of benzene rings is 1. The third-order valence-electron chi connectivity index (χ3n) is 4.83. The standard InChI is InChI=1S/C20H23NO5/c1-13-17(20(23)24-2)21-18(26-13)15-8-10-16(11-9-15)19(22)25-12-14-6-4-3-5-7-14/h3-7,15-16H,8-12H2,1-2H3. The minimum atomic E-state index is -0.490. The van der Waals surface area contributed by atoms with Crippen LogP contribution in [0, 0.1) is 12.8 Å². The Hall–Kier alpha value is -2.63. The molecule has 1 aromatic carbocycles. The Morgan fingerprint density at radius 3 is 2.50 bits per heavy atom. The molecule has 0 spiro atoms. The monoisotopic (exact) mass is 357 g/mol. The molecule has 0 atom stereocenters. The van der Waals surface area contributed by atoms with Gasteiger partial charge >= 0.3 is 11.9 Å². The van der Waals surface area contributed by atoms with Gasteiger partial charge < -0.3 is 13.9 Å². The summed E-state index contributed by atoms with van der Waals surface area (Å²) in [6, 6.07) is 9.66. The van der Waals surface area contributed by atoms with Gasteiger partial charge in [-0.05, 0) is 38.2 Å². The molecule has 0 unspecified atom stereocenters. The Labute approximate surface area is 152 Å². The number of hydrogen-bond donors (Lipinski definition) is 0. The fourth-order valence-electron chi connectivity index (χ4n) is 3.30. The van der Waals surface area contributed by atoms with E-state index in [0.717, 1.165) is 31.2 Å². The van der Waals surface area contributed by atoms with Crippen LogP contribution < -0.4 is 0 Å². The molecular weight excluding hydrogens is 334 g/mol. The first-order chi connectivity index (χ1) is 12.6. The van der Waals surface area contributed by atoms with Crippen molar-refractivity contribution in [2.45, 2.75) is 45.1 Å². The molecule has 2 aromatic rings. The Balaban J connectivity index is 1.52. The smallest absolute Gasteiger partial charge is 0.360 e. The number of methoxy groups -OCH3 is 1. The van der Waals surface area contributed by atoms with Crippen LogP contribution in [0.5, 0.6) is 0 Å². The number of oxazole rings is 1. The summed E-state index contributed by atoms with van der Waals surface area (Å²) in [6.07, 6.45) is 3.03. The largest absolute Gasteiger partial charge is 0.464 e. The summed E-state index contributed by atoms with van der Waals surface area (Å²) in [5.74, 6) is 0.411. The molecule has 3 rings (SSSR count). The lowest BCUT2D eigenvalue weighted by atomic mass is 9.82. The van der Waals surface area contributed by atoms with Crippen molar-refractivity contribution in [1.29, 1.82) is 0 Å². The van der Waals surface area contributed by atoms with Gasteiger partial charge in [-0.2, -0.15) is 0 Å². The normalized spacial score (nSPS) is 19.8. The van der Waals surface area contributed by atoms with Crippen LogP contribution in [0.3, 0.4) is 0 Å². The fraction of sp³-hybridized carbons (Fsp3) is 0.450. The molecule has 1 fully saturated rings. The van der Waals surface area contributed by atoms with E-state index in [-0.39, 0.29) is 23.5 Å². The van der Waals surface area contributed by atoms with E-state index in [0.29, 0.717) is 18.3 Å². The van der Waals surface area contributed by atoms with Crippen molar-refractivity contribution >= 4 is 11.9 Å². The third kappa shape index (κ3) is 4.12. The van der Waals surface area contributed by atoms with E-state index in [1.54, 1.807) is 6.92 Å². The molecular formula is C20H23NO5. The van der Waals surface area contributed by atoms with Gasteiger partial charge in [0.2, 0.25) is 0 Å². The number of aromatic nitrogens is 1. The van der Waals surface area contributed by atoms with Crippen LogP contribution in [0.25, 0.3) is 0 Å². The second-order valence-corrected chi connectivity index (χ2v) is 6.59. The van der Waals surface area contributed by atoms with Crippen molar-refractivity contribution in [2.75, 3.05) is 7.11 Å². The topological polar surface area (TPSA) is 78.6 Å². The summed E-state index contributed by atoms with van der Waals surface area (Å²) in [7, 11) is 1.32.